The predicted octanol–water partition coefficient (Wildman–Crippen LogP) is 0.163. The minimum absolute atomic E-state index is 0. The summed E-state index contributed by atoms with van der Waals surface area (Å²) in [5, 5.41) is 0.0658. The molecule has 0 radical (unpaired) electrons. The van der Waals surface area contributed by atoms with Gasteiger partial charge < -0.3 is 0 Å². The first-order valence-electron chi connectivity index (χ1n) is 2.74. The SMILES string of the molecule is FC(F)(F)c1[c-]ccc(Cl)c1.[Li+]. The van der Waals surface area contributed by atoms with E-state index in [1.165, 1.54) is 6.07 Å². The molecule has 0 aliphatic rings. The first kappa shape index (κ1) is 11.9. The summed E-state index contributed by atoms with van der Waals surface area (Å²) in [5.74, 6) is 0. The van der Waals surface area contributed by atoms with E-state index in [1.807, 2.05) is 6.07 Å². The normalized spacial score (nSPS) is 10.7. The molecule has 5 heteroatoms. The number of hydrogen-bond donors (Lipinski definition) is 0. The van der Waals surface area contributed by atoms with E-state index in [9.17, 15) is 13.2 Å². The molecule has 0 amide bonds. The fourth-order valence-electron chi connectivity index (χ4n) is 0.602. The quantitative estimate of drug-likeness (QED) is 0.400. The van der Waals surface area contributed by atoms with Crippen molar-refractivity contribution in [2.24, 2.45) is 0 Å². The van der Waals surface area contributed by atoms with E-state index >= 15 is 0 Å². The van der Waals surface area contributed by atoms with Crippen LogP contribution in [0.15, 0.2) is 18.2 Å². The smallest absolute Gasteiger partial charge is 0.175 e. The summed E-state index contributed by atoms with van der Waals surface area (Å²) in [5.41, 5.74) is -0.843. The molecule has 0 aromatic heterocycles. The summed E-state index contributed by atoms with van der Waals surface area (Å²) in [4.78, 5) is 0. The predicted molar refractivity (Wildman–Crippen MR) is 35.3 cm³/mol. The molecule has 0 N–H and O–H groups in total. The van der Waals surface area contributed by atoms with Crippen molar-refractivity contribution in [2.75, 3.05) is 0 Å². The molecule has 0 fully saturated rings. The van der Waals surface area contributed by atoms with Gasteiger partial charge in [-0.05, 0) is 0 Å². The van der Waals surface area contributed by atoms with Crippen LogP contribution in [-0.2, 0) is 6.18 Å². The van der Waals surface area contributed by atoms with Gasteiger partial charge in [-0.25, -0.2) is 0 Å². The molecule has 0 saturated carbocycles. The van der Waals surface area contributed by atoms with E-state index in [1.54, 1.807) is 0 Å². The summed E-state index contributed by atoms with van der Waals surface area (Å²) >= 11 is 5.33. The Balaban J connectivity index is 0.00000121. The van der Waals surface area contributed by atoms with Gasteiger partial charge in [-0.1, -0.05) is 10.6 Å². The van der Waals surface area contributed by atoms with Gasteiger partial charge in [0.2, 0.25) is 0 Å². The minimum atomic E-state index is -4.36. The van der Waals surface area contributed by atoms with Crippen LogP contribution < -0.4 is 18.9 Å². The monoisotopic (exact) mass is 186 g/mol. The molecule has 0 bridgehead atoms. The van der Waals surface area contributed by atoms with Crippen LogP contribution in [0.5, 0.6) is 0 Å². The Morgan fingerprint density at radius 3 is 2.25 bits per heavy atom. The van der Waals surface area contributed by atoms with Crippen LogP contribution in [0.2, 0.25) is 5.02 Å². The topological polar surface area (TPSA) is 0 Å². The third-order valence-corrected chi connectivity index (χ3v) is 1.30. The second-order valence-electron chi connectivity index (χ2n) is 1.92. The standard InChI is InChI=1S/C7H3ClF3.Li/c8-6-3-1-2-5(4-6)7(9,10)11;/h1,3-4H;/q-1;+1. The van der Waals surface area contributed by atoms with Crippen molar-refractivity contribution in [1.29, 1.82) is 0 Å². The molecule has 0 atom stereocenters. The van der Waals surface area contributed by atoms with Crippen LogP contribution in [0.1, 0.15) is 5.56 Å². The molecule has 1 rings (SSSR count). The summed E-state index contributed by atoms with van der Waals surface area (Å²) in [6.07, 6.45) is -4.36. The number of benzene rings is 1. The Bertz CT molecular complexity index is 259. The van der Waals surface area contributed by atoms with E-state index in [2.05, 4.69) is 0 Å². The van der Waals surface area contributed by atoms with Crippen LogP contribution in [0.4, 0.5) is 13.2 Å². The van der Waals surface area contributed by atoms with E-state index in [0.717, 1.165) is 12.1 Å². The Labute approximate surface area is 84.9 Å². The molecule has 0 aliphatic heterocycles. The molecule has 0 heterocycles. The summed E-state index contributed by atoms with van der Waals surface area (Å²) in [7, 11) is 0. The fraction of sp³-hybridized carbons (Fsp3) is 0.143. The van der Waals surface area contributed by atoms with Crippen molar-refractivity contribution in [3.05, 3.63) is 34.9 Å². The maximum absolute atomic E-state index is 11.9. The van der Waals surface area contributed by atoms with E-state index in [4.69, 9.17) is 11.6 Å². The molecule has 60 valence electrons. The summed E-state index contributed by atoms with van der Waals surface area (Å²) < 4.78 is 35.6. The average Bonchev–Trinajstić information content (AvgIpc) is 1.86. The maximum atomic E-state index is 11.9. The first-order chi connectivity index (χ1) is 5.00. The first-order valence-corrected chi connectivity index (χ1v) is 3.12. The zero-order valence-corrected chi connectivity index (χ0v) is 7.00. The van der Waals surface area contributed by atoms with Crippen LogP contribution in [0.3, 0.4) is 0 Å². The molecule has 12 heavy (non-hydrogen) atoms. The van der Waals surface area contributed by atoms with Gasteiger partial charge in [-0.15, -0.1) is 17.7 Å². The number of hydrogen-bond acceptors (Lipinski definition) is 0. The molecule has 1 aromatic rings. The Hall–Kier alpha value is -0.103. The van der Waals surface area contributed by atoms with Gasteiger partial charge in [0, 0.05) is 0 Å². The van der Waals surface area contributed by atoms with Crippen molar-refractivity contribution in [3.63, 3.8) is 0 Å². The number of halogens is 4. The Morgan fingerprint density at radius 2 is 1.92 bits per heavy atom. The summed E-state index contributed by atoms with van der Waals surface area (Å²) in [6, 6.07) is 5.36. The Morgan fingerprint density at radius 1 is 1.33 bits per heavy atom. The molecular weight excluding hydrogens is 183 g/mol. The second kappa shape index (κ2) is 4.22. The summed E-state index contributed by atoms with van der Waals surface area (Å²) in [6.45, 7) is 0. The van der Waals surface area contributed by atoms with Gasteiger partial charge in [0.1, 0.15) is 0 Å². The second-order valence-corrected chi connectivity index (χ2v) is 2.35. The van der Waals surface area contributed by atoms with Crippen molar-refractivity contribution in [1.82, 2.24) is 0 Å². The van der Waals surface area contributed by atoms with Crippen molar-refractivity contribution < 1.29 is 32.0 Å². The zero-order chi connectivity index (χ0) is 8.48. The average molecular weight is 186 g/mol. The molecule has 0 spiro atoms. The number of rotatable bonds is 0. The third-order valence-electron chi connectivity index (χ3n) is 1.07. The van der Waals surface area contributed by atoms with E-state index in [0.29, 0.717) is 0 Å². The third kappa shape index (κ3) is 3.10. The molecule has 0 aliphatic carbocycles. The zero-order valence-electron chi connectivity index (χ0n) is 6.24. The fourth-order valence-corrected chi connectivity index (χ4v) is 0.774. The van der Waals surface area contributed by atoms with Gasteiger partial charge in [0.15, 0.2) is 0 Å². The van der Waals surface area contributed by atoms with Crippen LogP contribution in [-0.4, -0.2) is 0 Å². The van der Waals surface area contributed by atoms with Crippen LogP contribution in [0.25, 0.3) is 0 Å². The molecule has 1 aromatic carbocycles. The number of alkyl halides is 3. The minimum Gasteiger partial charge on any atom is -0.175 e. The molecular formula is C7H3ClF3Li. The largest absolute Gasteiger partial charge is 1.00 e. The van der Waals surface area contributed by atoms with E-state index < -0.39 is 11.7 Å². The van der Waals surface area contributed by atoms with Gasteiger partial charge in [-0.2, -0.15) is 31.4 Å². The van der Waals surface area contributed by atoms with Gasteiger partial charge in [0.05, 0.1) is 0 Å². The van der Waals surface area contributed by atoms with Crippen molar-refractivity contribution in [2.45, 2.75) is 6.18 Å². The van der Waals surface area contributed by atoms with E-state index in [-0.39, 0.29) is 23.9 Å². The van der Waals surface area contributed by atoms with Crippen molar-refractivity contribution >= 4 is 11.6 Å². The van der Waals surface area contributed by atoms with Gasteiger partial charge >= 0.3 is 25.0 Å². The molecule has 0 saturated heterocycles. The Kier molecular flexibility index (Phi) is 4.19. The van der Waals surface area contributed by atoms with Gasteiger partial charge in [0.25, 0.3) is 0 Å². The molecule has 0 nitrogen and oxygen atoms in total. The van der Waals surface area contributed by atoms with Gasteiger partial charge in [-0.3, -0.25) is 0 Å². The van der Waals surface area contributed by atoms with Crippen molar-refractivity contribution in [3.8, 4) is 0 Å². The van der Waals surface area contributed by atoms with Crippen LogP contribution in [0, 0.1) is 6.07 Å². The van der Waals surface area contributed by atoms with Crippen LogP contribution >= 0.6 is 11.6 Å². The molecule has 0 unspecified atom stereocenters. The maximum Gasteiger partial charge on any atom is 1.00 e.